The van der Waals surface area contributed by atoms with E-state index in [2.05, 4.69) is 9.97 Å². The van der Waals surface area contributed by atoms with Gasteiger partial charge >= 0.3 is 5.97 Å². The molecule has 0 aliphatic rings. The molecule has 26 heavy (non-hydrogen) atoms. The molecule has 0 radical (unpaired) electrons. The van der Waals surface area contributed by atoms with E-state index in [0.29, 0.717) is 22.0 Å². The van der Waals surface area contributed by atoms with Gasteiger partial charge in [-0.2, -0.15) is 5.26 Å². The van der Waals surface area contributed by atoms with Gasteiger partial charge in [0.1, 0.15) is 11.6 Å². The molecule has 3 rings (SSSR count). The highest BCUT2D eigenvalue weighted by molar-refractivity contribution is 7.98. The lowest BCUT2D eigenvalue weighted by molar-refractivity contribution is 0.0697. The molecule has 128 valence electrons. The van der Waals surface area contributed by atoms with Gasteiger partial charge < -0.3 is 10.1 Å². The van der Waals surface area contributed by atoms with Gasteiger partial charge in [-0.25, -0.2) is 9.78 Å². The number of rotatable bonds is 4. The summed E-state index contributed by atoms with van der Waals surface area (Å²) in [5, 5.41) is 19.0. The Morgan fingerprint density at radius 1 is 1.15 bits per heavy atom. The van der Waals surface area contributed by atoms with Gasteiger partial charge in [-0.05, 0) is 23.4 Å². The molecular weight excluding hydrogens is 350 g/mol. The van der Waals surface area contributed by atoms with Crippen LogP contribution in [0.25, 0.3) is 22.4 Å². The molecule has 0 spiro atoms. The van der Waals surface area contributed by atoms with Crippen LogP contribution in [0.15, 0.2) is 58.5 Å². The summed E-state index contributed by atoms with van der Waals surface area (Å²) in [5.74, 6) is -1.00. The first-order valence-corrected chi connectivity index (χ1v) is 8.79. The van der Waals surface area contributed by atoms with E-state index in [-0.39, 0.29) is 11.1 Å². The number of carboxylic acid groups (broad SMARTS) is 1. The third kappa shape index (κ3) is 3.23. The zero-order valence-corrected chi connectivity index (χ0v) is 14.5. The Bertz CT molecular complexity index is 1080. The van der Waals surface area contributed by atoms with Crippen LogP contribution in [-0.4, -0.2) is 27.3 Å². The first-order valence-electron chi connectivity index (χ1n) is 7.56. The van der Waals surface area contributed by atoms with E-state index in [1.54, 1.807) is 54.8 Å². The number of benzene rings is 2. The second-order valence-corrected chi connectivity index (χ2v) is 6.13. The maximum absolute atomic E-state index is 12.0. The van der Waals surface area contributed by atoms with Crippen LogP contribution >= 0.6 is 11.8 Å². The zero-order valence-electron chi connectivity index (χ0n) is 13.7. The number of carboxylic acids is 1. The smallest absolute Gasteiger partial charge is 0.336 e. The van der Waals surface area contributed by atoms with Crippen molar-refractivity contribution in [2.45, 2.75) is 5.16 Å². The number of nitrogens with one attached hydrogen (secondary N) is 1. The van der Waals surface area contributed by atoms with E-state index < -0.39 is 11.5 Å². The summed E-state index contributed by atoms with van der Waals surface area (Å²) in [6.07, 6.45) is 1.78. The minimum Gasteiger partial charge on any atom is -0.478 e. The highest BCUT2D eigenvalue weighted by Crippen LogP contribution is 2.27. The quantitative estimate of drug-likeness (QED) is 0.543. The van der Waals surface area contributed by atoms with Crippen molar-refractivity contribution in [1.82, 2.24) is 9.97 Å². The van der Waals surface area contributed by atoms with E-state index >= 15 is 0 Å². The van der Waals surface area contributed by atoms with Gasteiger partial charge in [0.05, 0.1) is 11.3 Å². The lowest BCUT2D eigenvalue weighted by atomic mass is 9.97. The molecule has 1 heterocycles. The Labute approximate surface area is 153 Å². The molecule has 3 aromatic rings. The van der Waals surface area contributed by atoms with Crippen molar-refractivity contribution in [3.63, 3.8) is 0 Å². The first-order chi connectivity index (χ1) is 12.5. The molecule has 0 bridgehead atoms. The molecule has 6 nitrogen and oxygen atoms in total. The molecule has 0 saturated carbocycles. The number of nitrogens with zero attached hydrogens (tertiary/aromatic N) is 2. The van der Waals surface area contributed by atoms with Crippen LogP contribution in [0.1, 0.15) is 15.9 Å². The fourth-order valence-corrected chi connectivity index (χ4v) is 2.97. The largest absolute Gasteiger partial charge is 0.478 e. The second kappa shape index (κ2) is 7.25. The number of nitriles is 1. The van der Waals surface area contributed by atoms with Crippen LogP contribution in [0.2, 0.25) is 0 Å². The Kier molecular flexibility index (Phi) is 4.87. The molecule has 2 N–H and O–H groups in total. The van der Waals surface area contributed by atoms with E-state index in [0.717, 1.165) is 5.56 Å². The van der Waals surface area contributed by atoms with Crippen molar-refractivity contribution in [1.29, 1.82) is 5.26 Å². The summed E-state index contributed by atoms with van der Waals surface area (Å²) in [6, 6.07) is 15.6. The standard InChI is InChI=1S/C19H13N3O3S/c1-26-19-21-16(15(10-20)17(23)22-19)12-8-6-11(7-9-12)13-4-2-3-5-14(13)18(24)25/h2-9H,1H3,(H,24,25)(H,21,22,23). The third-order valence-electron chi connectivity index (χ3n) is 3.83. The average molecular weight is 363 g/mol. The lowest BCUT2D eigenvalue weighted by Crippen LogP contribution is -2.14. The molecule has 1 aromatic heterocycles. The Hall–Kier alpha value is -3.37. The Balaban J connectivity index is 2.10. The van der Waals surface area contributed by atoms with E-state index in [4.69, 9.17) is 0 Å². The number of aromatic carboxylic acids is 1. The molecule has 0 saturated heterocycles. The highest BCUT2D eigenvalue weighted by Gasteiger charge is 2.14. The summed E-state index contributed by atoms with van der Waals surface area (Å²) in [7, 11) is 0. The maximum atomic E-state index is 12.0. The monoisotopic (exact) mass is 363 g/mol. The summed E-state index contributed by atoms with van der Waals surface area (Å²) >= 11 is 1.27. The number of H-pyrrole nitrogens is 1. The molecule has 0 amide bonds. The number of aromatic nitrogens is 2. The fourth-order valence-electron chi connectivity index (χ4n) is 2.59. The van der Waals surface area contributed by atoms with E-state index in [9.17, 15) is 20.0 Å². The number of carbonyl (C=O) groups is 1. The summed E-state index contributed by atoms with van der Waals surface area (Å²) < 4.78 is 0. The van der Waals surface area contributed by atoms with Gasteiger partial charge in [-0.3, -0.25) is 4.79 Å². The summed E-state index contributed by atoms with van der Waals surface area (Å²) in [4.78, 5) is 30.3. The van der Waals surface area contributed by atoms with Crippen molar-refractivity contribution in [2.24, 2.45) is 0 Å². The predicted molar refractivity (Wildman–Crippen MR) is 99.2 cm³/mol. The molecule has 0 unspecified atom stereocenters. The van der Waals surface area contributed by atoms with Crippen LogP contribution in [0, 0.1) is 11.3 Å². The van der Waals surface area contributed by atoms with Crippen molar-refractivity contribution >= 4 is 17.7 Å². The van der Waals surface area contributed by atoms with E-state index in [1.165, 1.54) is 11.8 Å². The predicted octanol–water partition coefficient (Wildman–Crippen LogP) is 3.40. The number of aromatic amines is 1. The molecule has 2 aromatic carbocycles. The van der Waals surface area contributed by atoms with Crippen molar-refractivity contribution in [2.75, 3.05) is 6.26 Å². The summed E-state index contributed by atoms with van der Waals surface area (Å²) in [5.41, 5.74) is 1.90. The van der Waals surface area contributed by atoms with Gasteiger partial charge in [0.15, 0.2) is 5.16 Å². The maximum Gasteiger partial charge on any atom is 0.336 e. The molecule has 0 atom stereocenters. The van der Waals surface area contributed by atoms with Crippen molar-refractivity contribution in [3.05, 3.63) is 70.0 Å². The first kappa shape index (κ1) is 17.5. The Morgan fingerprint density at radius 3 is 2.42 bits per heavy atom. The van der Waals surface area contributed by atoms with Gasteiger partial charge in [-0.1, -0.05) is 54.2 Å². The topological polar surface area (TPSA) is 107 Å². The fraction of sp³-hybridized carbons (Fsp3) is 0.0526. The molecule has 0 fully saturated rings. The Morgan fingerprint density at radius 2 is 1.81 bits per heavy atom. The molecule has 0 aliphatic heterocycles. The minimum atomic E-state index is -1.00. The van der Waals surface area contributed by atoms with Gasteiger partial charge in [0, 0.05) is 5.56 Å². The molecule has 7 heteroatoms. The van der Waals surface area contributed by atoms with Crippen LogP contribution in [0.3, 0.4) is 0 Å². The number of hydrogen-bond acceptors (Lipinski definition) is 5. The van der Waals surface area contributed by atoms with Crippen molar-refractivity contribution < 1.29 is 9.90 Å². The average Bonchev–Trinajstić information content (AvgIpc) is 2.67. The van der Waals surface area contributed by atoms with Crippen molar-refractivity contribution in [3.8, 4) is 28.5 Å². The molecule has 0 aliphatic carbocycles. The van der Waals surface area contributed by atoms with Crippen LogP contribution < -0.4 is 5.56 Å². The number of hydrogen-bond donors (Lipinski definition) is 2. The SMILES string of the molecule is CSc1nc(-c2ccc(-c3ccccc3C(=O)O)cc2)c(C#N)c(=O)[nH]1. The highest BCUT2D eigenvalue weighted by atomic mass is 32.2. The van der Waals surface area contributed by atoms with Gasteiger partial charge in [-0.15, -0.1) is 0 Å². The van der Waals surface area contributed by atoms with Gasteiger partial charge in [0.2, 0.25) is 0 Å². The van der Waals surface area contributed by atoms with Crippen LogP contribution in [-0.2, 0) is 0 Å². The minimum absolute atomic E-state index is 0.0542. The molecular formula is C19H13N3O3S. The van der Waals surface area contributed by atoms with Crippen LogP contribution in [0.5, 0.6) is 0 Å². The zero-order chi connectivity index (χ0) is 18.7. The second-order valence-electron chi connectivity index (χ2n) is 5.34. The summed E-state index contributed by atoms with van der Waals surface area (Å²) in [6.45, 7) is 0. The number of thioether (sulfide) groups is 1. The normalized spacial score (nSPS) is 10.3. The van der Waals surface area contributed by atoms with E-state index in [1.807, 2.05) is 6.07 Å². The van der Waals surface area contributed by atoms with Crippen LogP contribution in [0.4, 0.5) is 0 Å². The van der Waals surface area contributed by atoms with Gasteiger partial charge in [0.25, 0.3) is 5.56 Å². The third-order valence-corrected chi connectivity index (χ3v) is 4.41. The lowest BCUT2D eigenvalue weighted by Gasteiger charge is -2.08.